The zero-order valence-corrected chi connectivity index (χ0v) is 9.44. The van der Waals surface area contributed by atoms with E-state index in [9.17, 15) is 0 Å². The fourth-order valence-electron chi connectivity index (χ4n) is 1.66. The number of rotatable bonds is 4. The number of hydrogen-bond donors (Lipinski definition) is 1. The Kier molecular flexibility index (Phi) is 3.37. The average Bonchev–Trinajstić information content (AvgIpc) is 2.70. The minimum absolute atomic E-state index is 0.607. The van der Waals surface area contributed by atoms with Crippen LogP contribution < -0.4 is 5.73 Å². The number of oxazole rings is 1. The van der Waals surface area contributed by atoms with Crippen LogP contribution in [0.4, 0.5) is 0 Å². The third-order valence-corrected chi connectivity index (χ3v) is 2.60. The normalized spacial score (nSPS) is 10.6. The first-order valence-corrected chi connectivity index (χ1v) is 5.47. The Balaban J connectivity index is 2.11. The van der Waals surface area contributed by atoms with Crippen molar-refractivity contribution in [3.8, 4) is 0 Å². The smallest absolute Gasteiger partial charge is 0.198 e. The Bertz CT molecular complexity index is 462. The van der Waals surface area contributed by atoms with Gasteiger partial charge in [0.1, 0.15) is 6.26 Å². The second kappa shape index (κ2) is 4.94. The summed E-state index contributed by atoms with van der Waals surface area (Å²) in [6, 6.07) is 8.27. The van der Waals surface area contributed by atoms with Gasteiger partial charge in [-0.25, -0.2) is 4.98 Å². The van der Waals surface area contributed by atoms with Crippen molar-refractivity contribution >= 4 is 0 Å². The van der Waals surface area contributed by atoms with Gasteiger partial charge < -0.3 is 10.2 Å². The second-order valence-electron chi connectivity index (χ2n) is 3.87. The number of aryl methyl sites for hydroxylation is 1. The second-order valence-corrected chi connectivity index (χ2v) is 3.87. The topological polar surface area (TPSA) is 52.0 Å². The Morgan fingerprint density at radius 3 is 2.88 bits per heavy atom. The summed E-state index contributed by atoms with van der Waals surface area (Å²) in [6.07, 6.45) is 3.22. The molecule has 0 fully saturated rings. The first-order chi connectivity index (χ1) is 7.79. The van der Waals surface area contributed by atoms with Crippen LogP contribution in [0.5, 0.6) is 0 Å². The molecule has 0 amide bonds. The van der Waals surface area contributed by atoms with Gasteiger partial charge in [0, 0.05) is 12.8 Å². The maximum atomic E-state index is 5.46. The lowest BCUT2D eigenvalue weighted by atomic mass is 10.1. The lowest BCUT2D eigenvalue weighted by molar-refractivity contribution is 0.506. The Labute approximate surface area is 95.3 Å². The van der Waals surface area contributed by atoms with Crippen LogP contribution in [0.1, 0.15) is 22.7 Å². The van der Waals surface area contributed by atoms with Crippen molar-refractivity contribution in [3.05, 3.63) is 53.2 Å². The Morgan fingerprint density at radius 2 is 2.12 bits per heavy atom. The molecule has 1 heterocycles. The first-order valence-electron chi connectivity index (χ1n) is 5.47. The molecule has 0 aliphatic heterocycles. The monoisotopic (exact) mass is 216 g/mol. The van der Waals surface area contributed by atoms with Crippen LogP contribution >= 0.6 is 0 Å². The van der Waals surface area contributed by atoms with Crippen molar-refractivity contribution in [1.82, 2.24) is 4.98 Å². The highest BCUT2D eigenvalue weighted by molar-refractivity contribution is 5.27. The van der Waals surface area contributed by atoms with Crippen LogP contribution in [-0.2, 0) is 12.8 Å². The van der Waals surface area contributed by atoms with Gasteiger partial charge in [0.05, 0.1) is 5.69 Å². The summed E-state index contributed by atoms with van der Waals surface area (Å²) in [5, 5.41) is 0. The van der Waals surface area contributed by atoms with Gasteiger partial charge in [0.15, 0.2) is 5.89 Å². The lowest BCUT2D eigenvalue weighted by Crippen LogP contribution is -2.03. The van der Waals surface area contributed by atoms with Gasteiger partial charge in [-0.3, -0.25) is 0 Å². The van der Waals surface area contributed by atoms with Crippen molar-refractivity contribution in [3.63, 3.8) is 0 Å². The number of aromatic nitrogens is 1. The zero-order valence-electron chi connectivity index (χ0n) is 9.44. The van der Waals surface area contributed by atoms with Crippen LogP contribution in [0.3, 0.4) is 0 Å². The minimum Gasteiger partial charge on any atom is -0.448 e. The minimum atomic E-state index is 0.607. The van der Waals surface area contributed by atoms with E-state index in [4.69, 9.17) is 10.2 Å². The van der Waals surface area contributed by atoms with Crippen LogP contribution in [0.15, 0.2) is 34.9 Å². The molecule has 0 atom stereocenters. The molecule has 2 aromatic rings. The predicted octanol–water partition coefficient (Wildman–Crippen LogP) is 2.08. The van der Waals surface area contributed by atoms with E-state index in [-0.39, 0.29) is 0 Å². The van der Waals surface area contributed by atoms with E-state index in [2.05, 4.69) is 24.0 Å². The maximum absolute atomic E-state index is 5.46. The number of hydrogen-bond acceptors (Lipinski definition) is 3. The molecule has 0 aliphatic carbocycles. The van der Waals surface area contributed by atoms with E-state index in [0.29, 0.717) is 6.54 Å². The van der Waals surface area contributed by atoms with Crippen LogP contribution in [-0.4, -0.2) is 11.5 Å². The molecule has 0 spiro atoms. The highest BCUT2D eigenvalue weighted by Gasteiger charge is 2.05. The van der Waals surface area contributed by atoms with E-state index in [1.165, 1.54) is 11.1 Å². The summed E-state index contributed by atoms with van der Waals surface area (Å²) in [7, 11) is 0. The fourth-order valence-corrected chi connectivity index (χ4v) is 1.66. The Hall–Kier alpha value is -1.61. The van der Waals surface area contributed by atoms with Gasteiger partial charge >= 0.3 is 0 Å². The van der Waals surface area contributed by atoms with Gasteiger partial charge in [0.2, 0.25) is 0 Å². The fraction of sp³-hybridized carbons (Fsp3) is 0.308. The van der Waals surface area contributed by atoms with Crippen molar-refractivity contribution < 1.29 is 4.42 Å². The molecule has 1 aromatic heterocycles. The van der Waals surface area contributed by atoms with E-state index < -0.39 is 0 Å². The summed E-state index contributed by atoms with van der Waals surface area (Å²) in [5.74, 6) is 0.762. The lowest BCUT2D eigenvalue weighted by Gasteiger charge is -2.01. The van der Waals surface area contributed by atoms with Crippen LogP contribution in [0.25, 0.3) is 0 Å². The van der Waals surface area contributed by atoms with Crippen molar-refractivity contribution in [2.45, 2.75) is 19.8 Å². The molecule has 0 radical (unpaired) electrons. The summed E-state index contributed by atoms with van der Waals surface area (Å²) in [6.45, 7) is 2.70. The summed E-state index contributed by atoms with van der Waals surface area (Å²) in [5.41, 5.74) is 8.92. The average molecular weight is 216 g/mol. The first kappa shape index (κ1) is 10.9. The molecule has 0 bridgehead atoms. The van der Waals surface area contributed by atoms with Gasteiger partial charge in [-0.15, -0.1) is 0 Å². The molecule has 0 aliphatic rings. The van der Waals surface area contributed by atoms with E-state index in [1.807, 2.05) is 12.1 Å². The quantitative estimate of drug-likeness (QED) is 0.851. The summed E-state index contributed by atoms with van der Waals surface area (Å²) < 4.78 is 5.41. The van der Waals surface area contributed by atoms with Gasteiger partial charge in [-0.2, -0.15) is 0 Å². The van der Waals surface area contributed by atoms with Gasteiger partial charge in [-0.05, 0) is 24.6 Å². The summed E-state index contributed by atoms with van der Waals surface area (Å²) >= 11 is 0. The third kappa shape index (κ3) is 2.49. The molecule has 84 valence electrons. The molecule has 2 N–H and O–H groups in total. The molecule has 2 rings (SSSR count). The molecule has 16 heavy (non-hydrogen) atoms. The zero-order chi connectivity index (χ0) is 11.4. The van der Waals surface area contributed by atoms with Gasteiger partial charge in [0.25, 0.3) is 0 Å². The molecule has 1 aromatic carbocycles. The largest absolute Gasteiger partial charge is 0.448 e. The SMILES string of the molecule is Cc1ccccc1Cc1nc(CCN)co1. The molecule has 0 unspecified atom stereocenters. The van der Waals surface area contributed by atoms with E-state index in [1.54, 1.807) is 6.26 Å². The summed E-state index contributed by atoms with van der Waals surface area (Å²) in [4.78, 5) is 4.39. The van der Waals surface area contributed by atoms with Crippen molar-refractivity contribution in [2.75, 3.05) is 6.54 Å². The molecule has 0 saturated carbocycles. The van der Waals surface area contributed by atoms with Crippen LogP contribution in [0.2, 0.25) is 0 Å². The Morgan fingerprint density at radius 1 is 1.31 bits per heavy atom. The van der Waals surface area contributed by atoms with Crippen molar-refractivity contribution in [1.29, 1.82) is 0 Å². The van der Waals surface area contributed by atoms with Gasteiger partial charge in [-0.1, -0.05) is 24.3 Å². The highest BCUT2D eigenvalue weighted by Crippen LogP contribution is 2.13. The molecule has 3 heteroatoms. The van der Waals surface area contributed by atoms with E-state index >= 15 is 0 Å². The molecular formula is C13H16N2O. The van der Waals surface area contributed by atoms with E-state index in [0.717, 1.165) is 24.4 Å². The third-order valence-electron chi connectivity index (χ3n) is 2.60. The molecular weight excluding hydrogens is 200 g/mol. The highest BCUT2D eigenvalue weighted by atomic mass is 16.3. The molecule has 0 saturated heterocycles. The number of nitrogens with two attached hydrogens (primary N) is 1. The number of benzene rings is 1. The number of nitrogens with zero attached hydrogens (tertiary/aromatic N) is 1. The maximum Gasteiger partial charge on any atom is 0.198 e. The van der Waals surface area contributed by atoms with Crippen molar-refractivity contribution in [2.24, 2.45) is 5.73 Å². The standard InChI is InChI=1S/C13H16N2O/c1-10-4-2-3-5-11(10)8-13-15-12(6-7-14)9-16-13/h2-5,9H,6-8,14H2,1H3. The predicted molar refractivity (Wildman–Crippen MR) is 63.2 cm³/mol. The van der Waals surface area contributed by atoms with Crippen LogP contribution in [0, 0.1) is 6.92 Å². The molecule has 3 nitrogen and oxygen atoms in total.